The number of rotatable bonds is 6. The number of nitrogens with zero attached hydrogens (tertiary/aromatic N) is 1. The second-order valence-corrected chi connectivity index (χ2v) is 5.73. The van der Waals surface area contributed by atoms with Gasteiger partial charge >= 0.3 is 0 Å². The molecule has 0 fully saturated rings. The maximum absolute atomic E-state index is 12.4. The Bertz CT molecular complexity index is 530. The van der Waals surface area contributed by atoms with Crippen molar-refractivity contribution >= 4 is 11.8 Å². The molecule has 0 bridgehead atoms. The summed E-state index contributed by atoms with van der Waals surface area (Å²) in [5, 5.41) is 2.74. The van der Waals surface area contributed by atoms with Crippen LogP contribution in [0.4, 0.5) is 0 Å². The molecule has 1 unspecified atom stereocenters. The van der Waals surface area contributed by atoms with Gasteiger partial charge in [0.1, 0.15) is 6.54 Å². The zero-order valence-electron chi connectivity index (χ0n) is 13.5. The molecule has 0 aliphatic carbocycles. The summed E-state index contributed by atoms with van der Waals surface area (Å²) in [6.45, 7) is 7.44. The number of carbonyl (C=O) groups excluding carboxylic acids is 2. The first-order valence-corrected chi connectivity index (χ1v) is 8.08. The molecule has 0 aromatic heterocycles. The average Bonchev–Trinajstić information content (AvgIpc) is 2.52. The van der Waals surface area contributed by atoms with Crippen LogP contribution in [-0.4, -0.2) is 49.4 Å². The summed E-state index contributed by atoms with van der Waals surface area (Å²) in [5.41, 5.74) is 2.73. The summed E-state index contributed by atoms with van der Waals surface area (Å²) in [6.07, 6.45) is 1.02. The highest BCUT2D eigenvalue weighted by Gasteiger charge is 2.24. The number of nitrogens with one attached hydrogen (secondary N) is 2. The molecule has 1 aliphatic heterocycles. The van der Waals surface area contributed by atoms with Crippen molar-refractivity contribution in [2.75, 3.05) is 32.7 Å². The van der Waals surface area contributed by atoms with Crippen LogP contribution in [0.15, 0.2) is 24.3 Å². The zero-order chi connectivity index (χ0) is 15.9. The van der Waals surface area contributed by atoms with Crippen LogP contribution in [0.3, 0.4) is 0 Å². The van der Waals surface area contributed by atoms with Crippen LogP contribution in [0, 0.1) is 0 Å². The third kappa shape index (κ3) is 4.31. The van der Waals surface area contributed by atoms with Gasteiger partial charge < -0.3 is 15.1 Å². The Balaban J connectivity index is 1.90. The summed E-state index contributed by atoms with van der Waals surface area (Å²) in [4.78, 5) is 27.0. The first-order valence-electron chi connectivity index (χ1n) is 8.08. The summed E-state index contributed by atoms with van der Waals surface area (Å²) in [7, 11) is 0. The number of fused-ring (bicyclic) bond motifs is 1. The van der Waals surface area contributed by atoms with Crippen molar-refractivity contribution < 1.29 is 14.5 Å². The van der Waals surface area contributed by atoms with Gasteiger partial charge in [0.05, 0.1) is 13.1 Å². The molecule has 5 nitrogen and oxygen atoms in total. The number of hydrogen-bond donors (Lipinski definition) is 2. The molecule has 0 saturated heterocycles. The summed E-state index contributed by atoms with van der Waals surface area (Å²) in [5.74, 6) is -0.0279. The highest BCUT2D eigenvalue weighted by Crippen LogP contribution is 2.10. The minimum absolute atomic E-state index is 0.0585. The summed E-state index contributed by atoms with van der Waals surface area (Å²) < 4.78 is 0. The second kappa shape index (κ2) is 7.94. The van der Waals surface area contributed by atoms with E-state index in [0.29, 0.717) is 19.6 Å². The second-order valence-electron chi connectivity index (χ2n) is 5.73. The lowest BCUT2D eigenvalue weighted by Gasteiger charge is -2.28. The Morgan fingerprint density at radius 2 is 1.95 bits per heavy atom. The van der Waals surface area contributed by atoms with Gasteiger partial charge in [0.2, 0.25) is 5.91 Å². The molecule has 2 N–H and O–H groups in total. The lowest BCUT2D eigenvalue weighted by molar-refractivity contribution is -0.908. The van der Waals surface area contributed by atoms with E-state index in [1.165, 1.54) is 16.0 Å². The van der Waals surface area contributed by atoms with Gasteiger partial charge in [-0.3, -0.25) is 9.59 Å². The van der Waals surface area contributed by atoms with Crippen molar-refractivity contribution in [1.82, 2.24) is 10.2 Å². The lowest BCUT2D eigenvalue weighted by atomic mass is 10.00. The Kier molecular flexibility index (Phi) is 5.95. The van der Waals surface area contributed by atoms with Crippen LogP contribution in [0.25, 0.3) is 0 Å². The smallest absolute Gasteiger partial charge is 0.278 e. The summed E-state index contributed by atoms with van der Waals surface area (Å²) >= 11 is 0. The normalized spacial score (nSPS) is 16.7. The van der Waals surface area contributed by atoms with Crippen molar-refractivity contribution in [1.29, 1.82) is 0 Å². The van der Waals surface area contributed by atoms with E-state index >= 15 is 0 Å². The average molecular weight is 304 g/mol. The van der Waals surface area contributed by atoms with Crippen molar-refractivity contribution in [2.45, 2.75) is 26.8 Å². The Morgan fingerprint density at radius 3 is 2.64 bits per heavy atom. The highest BCUT2D eigenvalue weighted by molar-refractivity contribution is 5.85. The number of hydrogen-bond acceptors (Lipinski definition) is 2. The van der Waals surface area contributed by atoms with E-state index in [1.807, 2.05) is 13.8 Å². The molecule has 2 rings (SSSR count). The van der Waals surface area contributed by atoms with Crippen molar-refractivity contribution in [3.05, 3.63) is 35.4 Å². The predicted molar refractivity (Wildman–Crippen MR) is 85.5 cm³/mol. The first-order chi connectivity index (χ1) is 10.6. The van der Waals surface area contributed by atoms with Crippen molar-refractivity contribution in [2.24, 2.45) is 0 Å². The number of quaternary nitrogens is 1. The van der Waals surface area contributed by atoms with E-state index in [1.54, 1.807) is 4.90 Å². The highest BCUT2D eigenvalue weighted by atomic mass is 16.2. The molecular weight excluding hydrogens is 278 g/mol. The Labute approximate surface area is 132 Å². The summed E-state index contributed by atoms with van der Waals surface area (Å²) in [6, 6.07) is 8.43. The fourth-order valence-electron chi connectivity index (χ4n) is 2.92. The molecular formula is C17H26N3O2+. The van der Waals surface area contributed by atoms with Crippen LogP contribution in [0.1, 0.15) is 25.0 Å². The van der Waals surface area contributed by atoms with E-state index < -0.39 is 0 Å². The van der Waals surface area contributed by atoms with Gasteiger partial charge in [-0.2, -0.15) is 0 Å². The quantitative estimate of drug-likeness (QED) is 0.752. The molecule has 1 aliphatic rings. The Morgan fingerprint density at radius 1 is 1.23 bits per heavy atom. The molecule has 120 valence electrons. The monoisotopic (exact) mass is 304 g/mol. The standard InChI is InChI=1S/C17H25N3O2/c1-3-18-16(21)12-20(4-2)17(22)13-19-10-9-14-7-5-6-8-15(14)11-19/h5-8H,3-4,9-13H2,1-2H3,(H,18,21)/p+1. The SMILES string of the molecule is CCNC(=O)CN(CC)C(=O)C[NH+]1CCc2ccccc2C1. The number of likely N-dealkylation sites (N-methyl/N-ethyl adjacent to an activating group) is 2. The van der Waals surface area contributed by atoms with Crippen LogP contribution in [0.2, 0.25) is 0 Å². The Hall–Kier alpha value is -1.88. The van der Waals surface area contributed by atoms with Gasteiger partial charge in [-0.1, -0.05) is 24.3 Å². The number of benzene rings is 1. The van der Waals surface area contributed by atoms with E-state index in [2.05, 4.69) is 29.6 Å². The minimum Gasteiger partial charge on any atom is -0.355 e. The van der Waals surface area contributed by atoms with Crippen molar-refractivity contribution in [3.63, 3.8) is 0 Å². The topological polar surface area (TPSA) is 53.9 Å². The number of carbonyl (C=O) groups is 2. The molecule has 2 amide bonds. The predicted octanol–water partition coefficient (Wildman–Crippen LogP) is -0.388. The van der Waals surface area contributed by atoms with E-state index in [-0.39, 0.29) is 18.4 Å². The molecule has 1 aromatic carbocycles. The van der Waals surface area contributed by atoms with Crippen LogP contribution in [0.5, 0.6) is 0 Å². The third-order valence-electron chi connectivity index (χ3n) is 4.15. The van der Waals surface area contributed by atoms with Gasteiger partial charge in [0, 0.05) is 25.1 Å². The molecule has 0 spiro atoms. The molecule has 0 radical (unpaired) electrons. The van der Waals surface area contributed by atoms with E-state index in [9.17, 15) is 9.59 Å². The maximum Gasteiger partial charge on any atom is 0.278 e. The maximum atomic E-state index is 12.4. The van der Waals surface area contributed by atoms with Gasteiger partial charge in [-0.05, 0) is 19.4 Å². The van der Waals surface area contributed by atoms with E-state index in [4.69, 9.17) is 0 Å². The molecule has 5 heteroatoms. The van der Waals surface area contributed by atoms with Crippen LogP contribution in [-0.2, 0) is 22.6 Å². The largest absolute Gasteiger partial charge is 0.355 e. The molecule has 1 heterocycles. The fourth-order valence-corrected chi connectivity index (χ4v) is 2.92. The fraction of sp³-hybridized carbons (Fsp3) is 0.529. The number of amides is 2. The van der Waals surface area contributed by atoms with Crippen LogP contribution >= 0.6 is 0 Å². The molecule has 1 atom stereocenters. The van der Waals surface area contributed by atoms with Gasteiger partial charge in [0.25, 0.3) is 5.91 Å². The first kappa shape index (κ1) is 16.5. The minimum atomic E-state index is -0.0864. The van der Waals surface area contributed by atoms with Gasteiger partial charge in [0.15, 0.2) is 6.54 Å². The lowest BCUT2D eigenvalue weighted by Crippen LogP contribution is -3.12. The molecule has 22 heavy (non-hydrogen) atoms. The van der Waals surface area contributed by atoms with Gasteiger partial charge in [-0.15, -0.1) is 0 Å². The van der Waals surface area contributed by atoms with Crippen LogP contribution < -0.4 is 10.2 Å². The third-order valence-corrected chi connectivity index (χ3v) is 4.15. The molecule has 0 saturated carbocycles. The zero-order valence-corrected chi connectivity index (χ0v) is 13.5. The van der Waals surface area contributed by atoms with E-state index in [0.717, 1.165) is 19.5 Å². The van der Waals surface area contributed by atoms with Crippen molar-refractivity contribution in [3.8, 4) is 0 Å². The van der Waals surface area contributed by atoms with Gasteiger partial charge in [-0.25, -0.2) is 0 Å². The molecule has 1 aromatic rings.